The fraction of sp³-hybridized carbons (Fsp3) is 0.905. The van der Waals surface area contributed by atoms with Gasteiger partial charge in [-0.05, 0) is 73.0 Å². The smallest absolute Gasteiger partial charge is 0.0231 e. The van der Waals surface area contributed by atoms with Crippen LogP contribution in [0, 0.1) is 40.9 Å². The fourth-order valence-corrected chi connectivity index (χ4v) is 5.16. The van der Waals surface area contributed by atoms with Crippen molar-refractivity contribution in [1.82, 2.24) is 0 Å². The van der Waals surface area contributed by atoms with Crippen molar-refractivity contribution in [3.8, 4) is 0 Å². The molecule has 3 rings (SSSR count). The van der Waals surface area contributed by atoms with Crippen molar-refractivity contribution in [2.24, 2.45) is 40.9 Å². The van der Waals surface area contributed by atoms with E-state index in [1.165, 1.54) is 38.5 Å². The second kappa shape index (κ2) is 6.88. The van der Waals surface area contributed by atoms with Crippen LogP contribution in [0.25, 0.3) is 0 Å². The van der Waals surface area contributed by atoms with Gasteiger partial charge in [-0.2, -0.15) is 0 Å². The van der Waals surface area contributed by atoms with Gasteiger partial charge in [0.15, 0.2) is 0 Å². The van der Waals surface area contributed by atoms with Gasteiger partial charge in [0.2, 0.25) is 0 Å². The second-order valence-corrected chi connectivity index (χ2v) is 8.78. The van der Waals surface area contributed by atoms with Crippen LogP contribution in [0.2, 0.25) is 0 Å². The molecule has 3 aliphatic carbocycles. The van der Waals surface area contributed by atoms with Crippen LogP contribution in [0.5, 0.6) is 0 Å². The molecule has 0 aromatic carbocycles. The summed E-state index contributed by atoms with van der Waals surface area (Å²) in [6, 6.07) is 0. The minimum Gasteiger partial charge on any atom is -0.0880 e. The van der Waals surface area contributed by atoms with E-state index in [1.54, 1.807) is 0 Å². The molecule has 0 nitrogen and oxygen atoms in total. The summed E-state index contributed by atoms with van der Waals surface area (Å²) in [5.74, 6) is 5.76. The zero-order valence-electron chi connectivity index (χ0n) is 15.4. The van der Waals surface area contributed by atoms with Gasteiger partial charge < -0.3 is 0 Å². The third-order valence-electron chi connectivity index (χ3n) is 7.31. The van der Waals surface area contributed by atoms with E-state index in [-0.39, 0.29) is 0 Å². The molecule has 2 saturated carbocycles. The van der Waals surface area contributed by atoms with E-state index in [0.717, 1.165) is 35.5 Å². The quantitative estimate of drug-likeness (QED) is 0.470. The number of hydrogen-bond acceptors (Lipinski definition) is 0. The van der Waals surface area contributed by atoms with E-state index in [1.807, 2.05) is 0 Å². The Bertz CT molecular complexity index is 353. The molecule has 0 spiro atoms. The third kappa shape index (κ3) is 3.40. The molecule has 0 radical (unpaired) electrons. The zero-order valence-corrected chi connectivity index (χ0v) is 15.4. The summed E-state index contributed by atoms with van der Waals surface area (Å²) in [5.41, 5.74) is 0.687. The summed E-state index contributed by atoms with van der Waals surface area (Å²) in [6.45, 7) is 14.2. The lowest BCUT2D eigenvalue weighted by atomic mass is 9.54. The maximum Gasteiger partial charge on any atom is -0.0231 e. The molecule has 0 bridgehead atoms. The molecule has 0 aliphatic heterocycles. The van der Waals surface area contributed by atoms with Crippen LogP contribution in [0.15, 0.2) is 12.2 Å². The lowest BCUT2D eigenvalue weighted by Gasteiger charge is -2.50. The van der Waals surface area contributed by atoms with Gasteiger partial charge >= 0.3 is 0 Å². The Hall–Kier alpha value is -0.260. The highest BCUT2D eigenvalue weighted by molar-refractivity contribution is 5.08. The highest BCUT2D eigenvalue weighted by Gasteiger charge is 2.52. The summed E-state index contributed by atoms with van der Waals surface area (Å²) in [6.07, 6.45) is 13.6. The van der Waals surface area contributed by atoms with Crippen LogP contribution in [0.1, 0.15) is 80.1 Å². The van der Waals surface area contributed by atoms with Gasteiger partial charge in [0.1, 0.15) is 0 Å². The van der Waals surface area contributed by atoms with Crippen molar-refractivity contribution in [1.29, 1.82) is 0 Å². The van der Waals surface area contributed by atoms with Crippen LogP contribution >= 0.6 is 0 Å². The summed E-state index contributed by atoms with van der Waals surface area (Å²) >= 11 is 0. The van der Waals surface area contributed by atoms with Crippen LogP contribution in [-0.4, -0.2) is 0 Å². The van der Waals surface area contributed by atoms with Crippen LogP contribution in [-0.2, 0) is 0 Å². The molecule has 122 valence electrons. The first-order valence-electron chi connectivity index (χ1n) is 9.56. The summed E-state index contributed by atoms with van der Waals surface area (Å²) < 4.78 is 0. The van der Waals surface area contributed by atoms with Gasteiger partial charge in [-0.25, -0.2) is 0 Å². The normalized spacial score (nSPS) is 44.8. The highest BCUT2D eigenvalue weighted by Crippen LogP contribution is 2.61. The van der Waals surface area contributed by atoms with Gasteiger partial charge in [-0.3, -0.25) is 0 Å². The molecule has 0 amide bonds. The predicted molar refractivity (Wildman–Crippen MR) is 94.3 cm³/mol. The van der Waals surface area contributed by atoms with Crippen molar-refractivity contribution < 1.29 is 0 Å². The molecule has 0 aromatic rings. The van der Waals surface area contributed by atoms with Gasteiger partial charge in [0.05, 0.1) is 0 Å². The number of hydrogen-bond donors (Lipinski definition) is 0. The van der Waals surface area contributed by atoms with E-state index in [2.05, 4.69) is 53.7 Å². The SMILES string of the molecule is CC1C=CCC2C1CCC1(C)C(C)CCC21.CCC(C)C. The summed E-state index contributed by atoms with van der Waals surface area (Å²) in [4.78, 5) is 0. The lowest BCUT2D eigenvalue weighted by Crippen LogP contribution is -2.43. The molecule has 2 fully saturated rings. The average molecular weight is 291 g/mol. The Morgan fingerprint density at radius 1 is 1.10 bits per heavy atom. The lowest BCUT2D eigenvalue weighted by molar-refractivity contribution is 0.00132. The monoisotopic (exact) mass is 290 g/mol. The Balaban J connectivity index is 0.000000282. The maximum absolute atomic E-state index is 2.59. The molecule has 21 heavy (non-hydrogen) atoms. The summed E-state index contributed by atoms with van der Waals surface area (Å²) in [7, 11) is 0. The fourth-order valence-electron chi connectivity index (χ4n) is 5.16. The number of allylic oxidation sites excluding steroid dienone is 2. The van der Waals surface area contributed by atoms with Crippen LogP contribution in [0.3, 0.4) is 0 Å². The third-order valence-corrected chi connectivity index (χ3v) is 7.31. The van der Waals surface area contributed by atoms with Gasteiger partial charge in [0.25, 0.3) is 0 Å². The molecular formula is C21H38. The Morgan fingerprint density at radius 3 is 2.38 bits per heavy atom. The molecule has 0 saturated heterocycles. The molecular weight excluding hydrogens is 252 g/mol. The van der Waals surface area contributed by atoms with E-state index in [4.69, 9.17) is 0 Å². The molecule has 3 aliphatic rings. The second-order valence-electron chi connectivity index (χ2n) is 8.78. The van der Waals surface area contributed by atoms with E-state index >= 15 is 0 Å². The maximum atomic E-state index is 2.59. The first-order chi connectivity index (χ1) is 9.90. The zero-order chi connectivity index (χ0) is 15.6. The minimum atomic E-state index is 0.687. The van der Waals surface area contributed by atoms with Gasteiger partial charge in [0, 0.05) is 0 Å². The largest absolute Gasteiger partial charge is 0.0880 e. The Morgan fingerprint density at radius 2 is 1.76 bits per heavy atom. The standard InChI is InChI=1S/C16H26.C5H12/c1-11-5-4-6-14-13(11)9-10-16(3)12(2)7-8-15(14)16;1-4-5(2)3/h4-5,11-15H,6-10H2,1-3H3;5H,4H2,1-3H3. The molecule has 0 N–H and O–H groups in total. The van der Waals surface area contributed by atoms with Gasteiger partial charge in [-0.1, -0.05) is 60.1 Å². The van der Waals surface area contributed by atoms with Crippen molar-refractivity contribution in [2.75, 3.05) is 0 Å². The van der Waals surface area contributed by atoms with Crippen molar-refractivity contribution in [2.45, 2.75) is 80.1 Å². The number of fused-ring (bicyclic) bond motifs is 3. The average Bonchev–Trinajstić information content (AvgIpc) is 2.76. The van der Waals surface area contributed by atoms with Crippen molar-refractivity contribution in [3.63, 3.8) is 0 Å². The predicted octanol–water partition coefficient (Wildman–Crippen LogP) is 6.71. The molecule has 0 heterocycles. The van der Waals surface area contributed by atoms with Crippen molar-refractivity contribution >= 4 is 0 Å². The molecule has 6 atom stereocenters. The van der Waals surface area contributed by atoms with E-state index in [0.29, 0.717) is 5.41 Å². The summed E-state index contributed by atoms with van der Waals surface area (Å²) in [5, 5.41) is 0. The highest BCUT2D eigenvalue weighted by atomic mass is 14.6. The minimum absolute atomic E-state index is 0.687. The molecule has 0 aromatic heterocycles. The van der Waals surface area contributed by atoms with Crippen LogP contribution in [0.4, 0.5) is 0 Å². The Kier molecular flexibility index (Phi) is 5.60. The topological polar surface area (TPSA) is 0 Å². The van der Waals surface area contributed by atoms with Crippen LogP contribution < -0.4 is 0 Å². The van der Waals surface area contributed by atoms with E-state index in [9.17, 15) is 0 Å². The van der Waals surface area contributed by atoms with Crippen molar-refractivity contribution in [3.05, 3.63) is 12.2 Å². The molecule has 0 heteroatoms. The number of rotatable bonds is 1. The van der Waals surface area contributed by atoms with E-state index < -0.39 is 0 Å². The first-order valence-corrected chi connectivity index (χ1v) is 9.56. The Labute approximate surface area is 133 Å². The first kappa shape index (κ1) is 17.1. The molecule has 6 unspecified atom stereocenters. The van der Waals surface area contributed by atoms with Gasteiger partial charge in [-0.15, -0.1) is 0 Å².